The Morgan fingerprint density at radius 2 is 1.67 bits per heavy atom. The fourth-order valence-corrected chi connectivity index (χ4v) is 4.94. The lowest BCUT2D eigenvalue weighted by atomic mass is 9.98. The van der Waals surface area contributed by atoms with E-state index in [1.165, 1.54) is 11.1 Å². The van der Waals surface area contributed by atoms with Gasteiger partial charge in [0.05, 0.1) is 5.92 Å². The van der Waals surface area contributed by atoms with Gasteiger partial charge in [-0.25, -0.2) is 4.79 Å². The van der Waals surface area contributed by atoms with Crippen molar-refractivity contribution in [2.75, 3.05) is 19.7 Å². The smallest absolute Gasteiger partial charge is 0.407 e. The van der Waals surface area contributed by atoms with E-state index in [4.69, 9.17) is 4.74 Å². The molecule has 1 heterocycles. The number of benzene rings is 2. The molecular formula is C26H30N2O5. The van der Waals surface area contributed by atoms with Gasteiger partial charge in [0, 0.05) is 31.5 Å². The molecule has 0 saturated carbocycles. The molecule has 0 spiro atoms. The predicted octanol–water partition coefficient (Wildman–Crippen LogP) is 3.87. The predicted molar refractivity (Wildman–Crippen MR) is 124 cm³/mol. The normalized spacial score (nSPS) is 20.1. The number of hydrogen-bond acceptors (Lipinski definition) is 4. The highest BCUT2D eigenvalue weighted by Gasteiger charge is 2.37. The van der Waals surface area contributed by atoms with Gasteiger partial charge in [-0.15, -0.1) is 0 Å². The largest absolute Gasteiger partial charge is 0.481 e. The Hall–Kier alpha value is -3.35. The molecule has 1 saturated heterocycles. The summed E-state index contributed by atoms with van der Waals surface area (Å²) in [6.45, 7) is 4.61. The van der Waals surface area contributed by atoms with Gasteiger partial charge in [-0.1, -0.05) is 62.4 Å². The van der Waals surface area contributed by atoms with E-state index in [-0.39, 0.29) is 43.4 Å². The van der Waals surface area contributed by atoms with Crippen LogP contribution in [0.25, 0.3) is 11.1 Å². The summed E-state index contributed by atoms with van der Waals surface area (Å²) in [5.41, 5.74) is 4.62. The molecule has 7 nitrogen and oxygen atoms in total. The number of aliphatic carboxylic acids is 1. The van der Waals surface area contributed by atoms with Crippen molar-refractivity contribution in [3.63, 3.8) is 0 Å². The van der Waals surface area contributed by atoms with Gasteiger partial charge in [0.1, 0.15) is 6.61 Å². The van der Waals surface area contributed by atoms with E-state index in [1.54, 1.807) is 4.90 Å². The second-order valence-electron chi connectivity index (χ2n) is 9.00. The third kappa shape index (κ3) is 4.72. The Bertz CT molecular complexity index is 1010. The van der Waals surface area contributed by atoms with Crippen LogP contribution in [-0.2, 0) is 14.3 Å². The minimum absolute atomic E-state index is 0.0242. The van der Waals surface area contributed by atoms with Crippen LogP contribution in [0.5, 0.6) is 0 Å². The van der Waals surface area contributed by atoms with E-state index in [0.717, 1.165) is 11.1 Å². The van der Waals surface area contributed by atoms with Gasteiger partial charge < -0.3 is 20.1 Å². The van der Waals surface area contributed by atoms with Crippen LogP contribution in [-0.4, -0.2) is 53.7 Å². The Morgan fingerprint density at radius 1 is 1.06 bits per heavy atom. The minimum Gasteiger partial charge on any atom is -0.481 e. The van der Waals surface area contributed by atoms with Crippen molar-refractivity contribution in [3.05, 3.63) is 59.7 Å². The summed E-state index contributed by atoms with van der Waals surface area (Å²) in [6, 6.07) is 15.9. The van der Waals surface area contributed by atoms with Crippen LogP contribution in [0.3, 0.4) is 0 Å². The third-order valence-electron chi connectivity index (χ3n) is 6.86. The van der Waals surface area contributed by atoms with Crippen LogP contribution in [0.2, 0.25) is 0 Å². The zero-order chi connectivity index (χ0) is 23.5. The molecule has 7 heteroatoms. The van der Waals surface area contributed by atoms with Gasteiger partial charge in [-0.05, 0) is 34.6 Å². The molecule has 0 unspecified atom stereocenters. The number of ether oxygens (including phenoxy) is 1. The average Bonchev–Trinajstić information content (AvgIpc) is 3.35. The summed E-state index contributed by atoms with van der Waals surface area (Å²) in [7, 11) is 0. The molecule has 1 aliphatic heterocycles. The van der Waals surface area contributed by atoms with Crippen molar-refractivity contribution in [1.82, 2.24) is 10.2 Å². The maximum absolute atomic E-state index is 12.7. The second-order valence-corrected chi connectivity index (χ2v) is 9.00. The van der Waals surface area contributed by atoms with Gasteiger partial charge in [-0.3, -0.25) is 9.59 Å². The molecule has 0 aromatic heterocycles. The monoisotopic (exact) mass is 450 g/mol. The van der Waals surface area contributed by atoms with Crippen molar-refractivity contribution in [2.24, 2.45) is 11.8 Å². The van der Waals surface area contributed by atoms with Crippen LogP contribution in [0.1, 0.15) is 43.7 Å². The molecule has 1 aliphatic carbocycles. The Morgan fingerprint density at radius 3 is 2.21 bits per heavy atom. The van der Waals surface area contributed by atoms with Gasteiger partial charge in [-0.2, -0.15) is 0 Å². The van der Waals surface area contributed by atoms with Crippen molar-refractivity contribution >= 4 is 18.0 Å². The zero-order valence-corrected chi connectivity index (χ0v) is 19.0. The number of carboxylic acid groups (broad SMARTS) is 1. The molecule has 0 radical (unpaired) electrons. The Balaban J connectivity index is 1.33. The van der Waals surface area contributed by atoms with Gasteiger partial charge in [0.15, 0.2) is 0 Å². The molecule has 0 bridgehead atoms. The molecule has 33 heavy (non-hydrogen) atoms. The summed E-state index contributed by atoms with van der Waals surface area (Å²) in [6.07, 6.45) is 0.149. The first kappa shape index (κ1) is 22.8. The molecule has 2 aliphatic rings. The van der Waals surface area contributed by atoms with Gasteiger partial charge in [0.2, 0.25) is 5.91 Å². The zero-order valence-electron chi connectivity index (χ0n) is 19.0. The summed E-state index contributed by atoms with van der Waals surface area (Å²) < 4.78 is 5.59. The fourth-order valence-electron chi connectivity index (χ4n) is 4.94. The molecule has 1 fully saturated rings. The van der Waals surface area contributed by atoms with Crippen molar-refractivity contribution in [2.45, 2.75) is 38.6 Å². The lowest BCUT2D eigenvalue weighted by Gasteiger charge is -2.22. The first-order valence-corrected chi connectivity index (χ1v) is 11.5. The molecule has 2 aromatic rings. The highest BCUT2D eigenvalue weighted by molar-refractivity contribution is 5.81. The Kier molecular flexibility index (Phi) is 6.67. The maximum atomic E-state index is 12.7. The number of likely N-dealkylation sites (tertiary alicyclic amines) is 1. The van der Waals surface area contributed by atoms with Gasteiger partial charge in [0.25, 0.3) is 0 Å². The summed E-state index contributed by atoms with van der Waals surface area (Å²) >= 11 is 0. The number of rotatable bonds is 7. The molecule has 2 aromatic carbocycles. The number of carbonyl (C=O) groups is 3. The quantitative estimate of drug-likeness (QED) is 0.668. The van der Waals surface area contributed by atoms with Crippen LogP contribution < -0.4 is 5.32 Å². The number of amides is 2. The number of alkyl carbamates (subject to hydrolysis) is 1. The highest BCUT2D eigenvalue weighted by atomic mass is 16.5. The van der Waals surface area contributed by atoms with Crippen molar-refractivity contribution in [1.29, 1.82) is 0 Å². The molecule has 3 atom stereocenters. The number of nitrogens with one attached hydrogen (secondary N) is 1. The second kappa shape index (κ2) is 9.65. The van der Waals surface area contributed by atoms with E-state index >= 15 is 0 Å². The highest BCUT2D eigenvalue weighted by Crippen LogP contribution is 2.44. The van der Waals surface area contributed by atoms with E-state index in [0.29, 0.717) is 13.0 Å². The van der Waals surface area contributed by atoms with E-state index in [9.17, 15) is 19.5 Å². The molecular weight excluding hydrogens is 420 g/mol. The summed E-state index contributed by atoms with van der Waals surface area (Å²) in [5.74, 6) is -1.66. The number of carbonyl (C=O) groups excluding carboxylic acids is 2. The van der Waals surface area contributed by atoms with Crippen LogP contribution in [0.4, 0.5) is 4.79 Å². The van der Waals surface area contributed by atoms with Crippen molar-refractivity contribution in [3.8, 4) is 11.1 Å². The Labute approximate surface area is 193 Å². The van der Waals surface area contributed by atoms with Crippen LogP contribution >= 0.6 is 0 Å². The molecule has 4 rings (SSSR count). The fraction of sp³-hybridized carbons (Fsp3) is 0.423. The maximum Gasteiger partial charge on any atom is 0.407 e. The third-order valence-corrected chi connectivity index (χ3v) is 6.86. The lowest BCUT2D eigenvalue weighted by Crippen LogP contribution is -2.40. The molecule has 174 valence electrons. The first-order valence-electron chi connectivity index (χ1n) is 11.5. The minimum atomic E-state index is -0.874. The molecule has 2 amide bonds. The topological polar surface area (TPSA) is 95.9 Å². The van der Waals surface area contributed by atoms with Gasteiger partial charge >= 0.3 is 12.1 Å². The average molecular weight is 451 g/mol. The van der Waals surface area contributed by atoms with E-state index in [2.05, 4.69) is 29.6 Å². The number of nitrogens with zero attached hydrogens (tertiary/aromatic N) is 1. The summed E-state index contributed by atoms with van der Waals surface area (Å²) in [4.78, 5) is 38.2. The summed E-state index contributed by atoms with van der Waals surface area (Å²) in [5, 5.41) is 12.1. The van der Waals surface area contributed by atoms with E-state index in [1.807, 2.05) is 38.1 Å². The molecule has 2 N–H and O–H groups in total. The number of hydrogen-bond donors (Lipinski definition) is 2. The first-order chi connectivity index (χ1) is 15.9. The SMILES string of the molecule is CC[C@@H](CC(=O)N1C[C@H](C(=O)O)[C@@H](C)C1)NC(=O)OCC1c2ccccc2-c2ccccc21. The van der Waals surface area contributed by atoms with Crippen molar-refractivity contribution < 1.29 is 24.2 Å². The number of carboxylic acids is 1. The number of fused-ring (bicyclic) bond motifs is 3. The lowest BCUT2D eigenvalue weighted by molar-refractivity contribution is -0.142. The van der Waals surface area contributed by atoms with Crippen LogP contribution in [0.15, 0.2) is 48.5 Å². The van der Waals surface area contributed by atoms with E-state index < -0.39 is 18.0 Å². The van der Waals surface area contributed by atoms with Crippen LogP contribution in [0, 0.1) is 11.8 Å². The standard InChI is InChI=1S/C26H30N2O5/c1-3-17(12-24(29)28-13-16(2)22(14-28)25(30)31)27-26(32)33-15-23-20-10-6-4-8-18(20)19-9-5-7-11-21(19)23/h4-11,16-17,22-23H,3,12-15H2,1-2H3,(H,27,32)(H,30,31)/t16-,17-,22-/m0/s1.